The minimum atomic E-state index is -1.14. The van der Waals surface area contributed by atoms with Crippen molar-refractivity contribution in [3.05, 3.63) is 0 Å². The van der Waals surface area contributed by atoms with Gasteiger partial charge in [0.15, 0.2) is 0 Å². The monoisotopic (exact) mass is 170 g/mol. The van der Waals surface area contributed by atoms with E-state index >= 15 is 0 Å². The van der Waals surface area contributed by atoms with Gasteiger partial charge in [-0.25, -0.2) is 0 Å². The van der Waals surface area contributed by atoms with Crippen LogP contribution in [0.1, 0.15) is 25.7 Å². The molecule has 2 atom stereocenters. The summed E-state index contributed by atoms with van der Waals surface area (Å²) in [4.78, 5) is 21.4. The van der Waals surface area contributed by atoms with Crippen molar-refractivity contribution in [3.63, 3.8) is 0 Å². The highest BCUT2D eigenvalue weighted by Crippen LogP contribution is 2.29. The van der Waals surface area contributed by atoms with Crippen LogP contribution < -0.4 is 10.8 Å². The number of nitrogens with two attached hydrogens (primary N) is 1. The summed E-state index contributed by atoms with van der Waals surface area (Å²) in [6.45, 7) is 0. The van der Waals surface area contributed by atoms with Gasteiger partial charge < -0.3 is 15.6 Å². The van der Waals surface area contributed by atoms with Crippen molar-refractivity contribution in [1.29, 1.82) is 0 Å². The fourth-order valence-corrected chi connectivity index (χ4v) is 1.75. The molecule has 1 saturated carbocycles. The molecule has 1 rings (SSSR count). The Morgan fingerprint density at radius 1 is 1.17 bits per heavy atom. The van der Waals surface area contributed by atoms with Crippen molar-refractivity contribution in [2.24, 2.45) is 17.6 Å². The van der Waals surface area contributed by atoms with Gasteiger partial charge in [-0.05, 0) is 12.8 Å². The standard InChI is InChI=1S/C8H13NO3/c9-7(10)5-3-1-2-4-6(5)8(11)12/h5-6H,1-4H2,(H2,9,10)(H,11,12)/p-1/t5-,6-/m0/s1. The van der Waals surface area contributed by atoms with Crippen LogP contribution in [0.2, 0.25) is 0 Å². The summed E-state index contributed by atoms with van der Waals surface area (Å²) >= 11 is 0. The van der Waals surface area contributed by atoms with E-state index in [-0.39, 0.29) is 0 Å². The van der Waals surface area contributed by atoms with Gasteiger partial charge in [0, 0.05) is 17.8 Å². The molecule has 1 aliphatic carbocycles. The first-order chi connectivity index (χ1) is 5.63. The number of amides is 1. The number of carboxylic acids is 1. The molecule has 1 aliphatic rings. The zero-order valence-electron chi connectivity index (χ0n) is 6.79. The van der Waals surface area contributed by atoms with Crippen molar-refractivity contribution in [2.45, 2.75) is 25.7 Å². The summed E-state index contributed by atoms with van der Waals surface area (Å²) in [5.74, 6) is -2.82. The predicted octanol–water partition coefficient (Wildman–Crippen LogP) is -0.972. The number of aliphatic carboxylic acids is 1. The van der Waals surface area contributed by atoms with E-state index in [1.165, 1.54) is 0 Å². The molecule has 0 aromatic heterocycles. The Hall–Kier alpha value is -1.06. The third-order valence-corrected chi connectivity index (χ3v) is 2.43. The molecule has 12 heavy (non-hydrogen) atoms. The van der Waals surface area contributed by atoms with Gasteiger partial charge in [-0.15, -0.1) is 0 Å². The van der Waals surface area contributed by atoms with E-state index in [4.69, 9.17) is 5.73 Å². The Morgan fingerprint density at radius 2 is 1.67 bits per heavy atom. The quantitative estimate of drug-likeness (QED) is 0.578. The molecule has 0 bridgehead atoms. The fraction of sp³-hybridized carbons (Fsp3) is 0.750. The van der Waals surface area contributed by atoms with Crippen LogP contribution in [0.5, 0.6) is 0 Å². The van der Waals surface area contributed by atoms with E-state index in [0.29, 0.717) is 12.8 Å². The summed E-state index contributed by atoms with van der Waals surface area (Å²) in [7, 11) is 0. The molecule has 0 aromatic carbocycles. The molecule has 68 valence electrons. The number of hydrogen-bond donors (Lipinski definition) is 1. The van der Waals surface area contributed by atoms with Gasteiger partial charge >= 0.3 is 0 Å². The second kappa shape index (κ2) is 3.56. The minimum absolute atomic E-state index is 0.510. The molecule has 0 radical (unpaired) electrons. The molecule has 0 unspecified atom stereocenters. The number of carbonyl (C=O) groups is 2. The number of carbonyl (C=O) groups excluding carboxylic acids is 2. The van der Waals surface area contributed by atoms with Crippen LogP contribution >= 0.6 is 0 Å². The van der Waals surface area contributed by atoms with E-state index in [2.05, 4.69) is 0 Å². The maximum Gasteiger partial charge on any atom is 0.221 e. The van der Waals surface area contributed by atoms with Gasteiger partial charge in [-0.2, -0.15) is 0 Å². The molecule has 0 saturated heterocycles. The first-order valence-corrected chi connectivity index (χ1v) is 4.13. The van der Waals surface area contributed by atoms with E-state index in [1.54, 1.807) is 0 Å². The third kappa shape index (κ3) is 1.75. The number of primary amides is 1. The van der Waals surface area contributed by atoms with Crippen molar-refractivity contribution in [1.82, 2.24) is 0 Å². The lowest BCUT2D eigenvalue weighted by atomic mass is 9.79. The summed E-state index contributed by atoms with van der Waals surface area (Å²) in [5, 5.41) is 10.6. The zero-order valence-corrected chi connectivity index (χ0v) is 6.79. The van der Waals surface area contributed by atoms with Crippen LogP contribution in [0.25, 0.3) is 0 Å². The molecule has 4 nitrogen and oxygen atoms in total. The van der Waals surface area contributed by atoms with Gasteiger partial charge in [0.1, 0.15) is 0 Å². The molecule has 0 heterocycles. The average Bonchev–Trinajstić information content (AvgIpc) is 2.04. The number of rotatable bonds is 2. The summed E-state index contributed by atoms with van der Waals surface area (Å²) < 4.78 is 0. The maximum absolute atomic E-state index is 10.8. The van der Waals surface area contributed by atoms with Crippen LogP contribution in [-0.2, 0) is 9.59 Å². The van der Waals surface area contributed by atoms with Crippen LogP contribution in [0.3, 0.4) is 0 Å². The lowest BCUT2D eigenvalue weighted by Gasteiger charge is -2.29. The Kier molecular flexibility index (Phi) is 2.68. The zero-order chi connectivity index (χ0) is 9.14. The van der Waals surface area contributed by atoms with Crippen LogP contribution in [0, 0.1) is 11.8 Å². The van der Waals surface area contributed by atoms with E-state index in [0.717, 1.165) is 12.8 Å². The van der Waals surface area contributed by atoms with Crippen molar-refractivity contribution >= 4 is 11.9 Å². The Bertz CT molecular complexity index is 180. The molecule has 0 aromatic rings. The molecule has 1 amide bonds. The lowest BCUT2D eigenvalue weighted by Crippen LogP contribution is -2.42. The van der Waals surface area contributed by atoms with Crippen molar-refractivity contribution in [3.8, 4) is 0 Å². The van der Waals surface area contributed by atoms with Gasteiger partial charge in [0.05, 0.1) is 0 Å². The molecule has 4 heteroatoms. The number of carboxylic acid groups (broad SMARTS) is 1. The summed E-state index contributed by atoms with van der Waals surface area (Å²) in [5.41, 5.74) is 5.07. The van der Waals surface area contributed by atoms with E-state index in [9.17, 15) is 14.7 Å². The predicted molar refractivity (Wildman–Crippen MR) is 39.6 cm³/mol. The molecular formula is C8H12NO3-. The summed E-state index contributed by atoms with van der Waals surface area (Å²) in [6, 6.07) is 0. The second-order valence-corrected chi connectivity index (χ2v) is 3.22. The van der Waals surface area contributed by atoms with Crippen LogP contribution in [-0.4, -0.2) is 11.9 Å². The van der Waals surface area contributed by atoms with Crippen LogP contribution in [0.4, 0.5) is 0 Å². The minimum Gasteiger partial charge on any atom is -0.550 e. The highest BCUT2D eigenvalue weighted by Gasteiger charge is 2.29. The topological polar surface area (TPSA) is 83.2 Å². The van der Waals surface area contributed by atoms with Gasteiger partial charge in [-0.1, -0.05) is 12.8 Å². The SMILES string of the molecule is NC(=O)[C@H]1CCCC[C@@H]1C(=O)[O-]. The highest BCUT2D eigenvalue weighted by molar-refractivity contribution is 5.82. The van der Waals surface area contributed by atoms with Gasteiger partial charge in [0.25, 0.3) is 0 Å². The second-order valence-electron chi connectivity index (χ2n) is 3.22. The average molecular weight is 170 g/mol. The smallest absolute Gasteiger partial charge is 0.221 e. The Morgan fingerprint density at radius 3 is 2.00 bits per heavy atom. The van der Waals surface area contributed by atoms with Gasteiger partial charge in [0.2, 0.25) is 5.91 Å². The maximum atomic E-state index is 10.8. The fourth-order valence-electron chi connectivity index (χ4n) is 1.75. The lowest BCUT2D eigenvalue weighted by molar-refractivity contribution is -0.313. The first kappa shape index (κ1) is 9.03. The summed E-state index contributed by atoms with van der Waals surface area (Å²) in [6.07, 6.45) is 2.85. The molecule has 2 N–H and O–H groups in total. The van der Waals surface area contributed by atoms with Crippen molar-refractivity contribution < 1.29 is 14.7 Å². The van der Waals surface area contributed by atoms with E-state index in [1.807, 2.05) is 0 Å². The highest BCUT2D eigenvalue weighted by atomic mass is 16.4. The first-order valence-electron chi connectivity index (χ1n) is 4.13. The normalized spacial score (nSPS) is 29.7. The Balaban J connectivity index is 2.67. The Labute approximate surface area is 70.7 Å². The molecular weight excluding hydrogens is 158 g/mol. The molecule has 0 aliphatic heterocycles. The molecule has 1 fully saturated rings. The van der Waals surface area contributed by atoms with Crippen LogP contribution in [0.15, 0.2) is 0 Å². The van der Waals surface area contributed by atoms with E-state index < -0.39 is 23.7 Å². The largest absolute Gasteiger partial charge is 0.550 e. The number of hydrogen-bond acceptors (Lipinski definition) is 3. The van der Waals surface area contributed by atoms with Crippen molar-refractivity contribution in [2.75, 3.05) is 0 Å². The van der Waals surface area contributed by atoms with Gasteiger partial charge in [-0.3, -0.25) is 4.79 Å². The molecule has 0 spiro atoms. The third-order valence-electron chi connectivity index (χ3n) is 2.43.